The molecule has 0 bridgehead atoms. The predicted molar refractivity (Wildman–Crippen MR) is 202 cm³/mol. The second kappa shape index (κ2) is 24.8. The summed E-state index contributed by atoms with van der Waals surface area (Å²) in [7, 11) is 0. The highest BCUT2D eigenvalue weighted by molar-refractivity contribution is 7.98. The summed E-state index contributed by atoms with van der Waals surface area (Å²) in [4.78, 5) is 105. The van der Waals surface area contributed by atoms with Gasteiger partial charge in [-0.1, -0.05) is 44.2 Å². The molecule has 0 spiro atoms. The van der Waals surface area contributed by atoms with E-state index < -0.39 is 96.5 Å². The van der Waals surface area contributed by atoms with E-state index in [2.05, 4.69) is 31.6 Å². The van der Waals surface area contributed by atoms with Gasteiger partial charge in [-0.3, -0.25) is 38.6 Å². The van der Waals surface area contributed by atoms with Gasteiger partial charge in [0.15, 0.2) is 5.96 Å². The summed E-state index contributed by atoms with van der Waals surface area (Å²) < 4.78 is 0. The second-order valence-corrected chi connectivity index (χ2v) is 14.0. The SMILES string of the molecule is CSCC[C@H](NC(=O)[C@H](CC(=O)O)NC(=O)[C@H](Cc1ccccc1)NC(=O)[C@@H](N)CC(=O)O)C(=O)N[C@@H](CC(C)C)C(=O)N[C@@H](CCCN=C(N)N)C(=O)O. The van der Waals surface area contributed by atoms with Gasteiger partial charge in [-0.15, -0.1) is 0 Å². The van der Waals surface area contributed by atoms with E-state index in [1.165, 1.54) is 11.8 Å². The van der Waals surface area contributed by atoms with Crippen molar-refractivity contribution >= 4 is 65.2 Å². The van der Waals surface area contributed by atoms with Crippen LogP contribution in [0.3, 0.4) is 0 Å². The van der Waals surface area contributed by atoms with Crippen LogP contribution in [0.25, 0.3) is 0 Å². The van der Waals surface area contributed by atoms with Crippen LogP contribution in [0.1, 0.15) is 57.9 Å². The van der Waals surface area contributed by atoms with Crippen molar-refractivity contribution in [2.45, 2.75) is 95.0 Å². The molecule has 5 amide bonds. The summed E-state index contributed by atoms with van der Waals surface area (Å²) in [6.45, 7) is 3.67. The number of aliphatic imine (C=N–C) groups is 1. The van der Waals surface area contributed by atoms with Gasteiger partial charge in [-0.05, 0) is 49.2 Å². The Labute approximate surface area is 322 Å². The van der Waals surface area contributed by atoms with Crippen molar-refractivity contribution in [2.24, 2.45) is 28.1 Å². The number of rotatable bonds is 26. The van der Waals surface area contributed by atoms with Gasteiger partial charge in [0.25, 0.3) is 0 Å². The number of guanidine groups is 1. The summed E-state index contributed by atoms with van der Waals surface area (Å²) in [5.41, 5.74) is 16.8. The van der Waals surface area contributed by atoms with Crippen molar-refractivity contribution < 1.29 is 53.7 Å². The van der Waals surface area contributed by atoms with Gasteiger partial charge in [0.1, 0.15) is 30.2 Å². The Morgan fingerprint density at radius 3 is 1.75 bits per heavy atom. The van der Waals surface area contributed by atoms with E-state index in [1.54, 1.807) is 50.4 Å². The maximum atomic E-state index is 13.6. The Balaban J connectivity index is 3.28. The van der Waals surface area contributed by atoms with Crippen LogP contribution in [0, 0.1) is 5.92 Å². The molecule has 1 aromatic carbocycles. The third kappa shape index (κ3) is 19.5. The topological polar surface area (TPSA) is 348 Å². The summed E-state index contributed by atoms with van der Waals surface area (Å²) in [5, 5.41) is 40.5. The highest BCUT2D eigenvalue weighted by Crippen LogP contribution is 2.10. The first kappa shape index (κ1) is 47.6. The van der Waals surface area contributed by atoms with Crippen LogP contribution >= 0.6 is 11.8 Å². The highest BCUT2D eigenvalue weighted by Gasteiger charge is 2.34. The first-order valence-electron chi connectivity index (χ1n) is 17.4. The first-order chi connectivity index (χ1) is 25.8. The molecule has 0 saturated carbocycles. The average molecular weight is 796 g/mol. The third-order valence-corrected chi connectivity index (χ3v) is 8.45. The maximum Gasteiger partial charge on any atom is 0.326 e. The quantitative estimate of drug-likeness (QED) is 0.0271. The number of hydrogen-bond donors (Lipinski definition) is 11. The number of amides is 5. The molecule has 14 N–H and O–H groups in total. The number of carbonyl (C=O) groups is 8. The smallest absolute Gasteiger partial charge is 0.326 e. The standard InChI is InChI=1S/C34H53N9O11S/c1-18(2)14-23(30(50)40-22(33(53)54)10-7-12-38-34(36)37)42-29(49)21(11-13-55-3)39-32(52)25(17-27(46)47)43-31(51)24(15-19-8-5-4-6-9-19)41-28(48)20(35)16-26(44)45/h4-6,8-9,18,20-25H,7,10-17,35H2,1-3H3,(H,39,52)(H,40,50)(H,41,48)(H,42,49)(H,43,51)(H,44,45)(H,46,47)(H,53,54)(H4,36,37,38)/t20-,21-,22-,23-,24-,25-/m0/s1. The Morgan fingerprint density at radius 2 is 1.20 bits per heavy atom. The van der Waals surface area contributed by atoms with E-state index in [-0.39, 0.29) is 50.5 Å². The van der Waals surface area contributed by atoms with Crippen LogP contribution in [-0.4, -0.2) is 124 Å². The van der Waals surface area contributed by atoms with Crippen LogP contribution in [-0.2, 0) is 44.8 Å². The normalized spacial score (nSPS) is 14.1. The molecule has 0 aromatic heterocycles. The zero-order chi connectivity index (χ0) is 41.7. The molecule has 306 valence electrons. The first-order valence-corrected chi connectivity index (χ1v) is 18.8. The Hall–Kier alpha value is -5.44. The Bertz CT molecular complexity index is 1510. The van der Waals surface area contributed by atoms with E-state index in [0.29, 0.717) is 11.3 Å². The zero-order valence-electron chi connectivity index (χ0n) is 31.0. The van der Waals surface area contributed by atoms with E-state index in [9.17, 15) is 48.6 Å². The van der Waals surface area contributed by atoms with Crippen molar-refractivity contribution in [1.29, 1.82) is 0 Å². The number of benzene rings is 1. The molecule has 0 radical (unpaired) electrons. The van der Waals surface area contributed by atoms with E-state index in [1.807, 2.05) is 0 Å². The fourth-order valence-corrected chi connectivity index (χ4v) is 5.53. The van der Waals surface area contributed by atoms with Gasteiger partial charge >= 0.3 is 17.9 Å². The van der Waals surface area contributed by atoms with Crippen molar-refractivity contribution in [3.63, 3.8) is 0 Å². The molecule has 6 atom stereocenters. The van der Waals surface area contributed by atoms with Gasteiger partial charge in [0.05, 0.1) is 18.9 Å². The fourth-order valence-electron chi connectivity index (χ4n) is 5.06. The molecule has 55 heavy (non-hydrogen) atoms. The molecule has 0 aliphatic rings. The van der Waals surface area contributed by atoms with E-state index in [0.717, 1.165) is 0 Å². The minimum absolute atomic E-state index is 0.0131. The monoisotopic (exact) mass is 795 g/mol. The van der Waals surface area contributed by atoms with Crippen LogP contribution in [0.4, 0.5) is 0 Å². The van der Waals surface area contributed by atoms with E-state index in [4.69, 9.17) is 22.3 Å². The number of nitrogens with zero attached hydrogens (tertiary/aromatic N) is 1. The maximum absolute atomic E-state index is 13.6. The van der Waals surface area contributed by atoms with Crippen LogP contribution in [0.2, 0.25) is 0 Å². The number of thioether (sulfide) groups is 1. The number of carbonyl (C=O) groups excluding carboxylic acids is 5. The molecule has 0 aliphatic carbocycles. The molecular formula is C34H53N9O11S. The molecule has 0 saturated heterocycles. The zero-order valence-corrected chi connectivity index (χ0v) is 31.8. The Kier molecular flexibility index (Phi) is 21.4. The highest BCUT2D eigenvalue weighted by atomic mass is 32.2. The van der Waals surface area contributed by atoms with Crippen LogP contribution < -0.4 is 43.8 Å². The minimum Gasteiger partial charge on any atom is -0.481 e. The predicted octanol–water partition coefficient (Wildman–Crippen LogP) is -2.13. The molecule has 21 heteroatoms. The lowest BCUT2D eigenvalue weighted by atomic mass is 10.0. The fraction of sp³-hybridized carbons (Fsp3) is 0.559. The van der Waals surface area contributed by atoms with Gasteiger partial charge in [-0.2, -0.15) is 11.8 Å². The number of carboxylic acids is 3. The number of nitrogens with two attached hydrogens (primary N) is 3. The van der Waals surface area contributed by atoms with Gasteiger partial charge in [0, 0.05) is 13.0 Å². The molecule has 1 rings (SSSR count). The summed E-state index contributed by atoms with van der Waals surface area (Å²) in [6, 6.07) is -0.278. The van der Waals surface area contributed by atoms with Gasteiger partial charge in [-0.25, -0.2) is 4.79 Å². The minimum atomic E-state index is -1.76. The van der Waals surface area contributed by atoms with Crippen molar-refractivity contribution in [3.8, 4) is 0 Å². The molecule has 0 heterocycles. The lowest BCUT2D eigenvalue weighted by Crippen LogP contribution is -2.60. The third-order valence-electron chi connectivity index (χ3n) is 7.80. The van der Waals surface area contributed by atoms with E-state index >= 15 is 0 Å². The Morgan fingerprint density at radius 1 is 0.691 bits per heavy atom. The lowest BCUT2D eigenvalue weighted by Gasteiger charge is -2.27. The van der Waals surface area contributed by atoms with Gasteiger partial charge < -0.3 is 59.1 Å². The number of nitrogens with one attached hydrogen (secondary N) is 5. The summed E-state index contributed by atoms with van der Waals surface area (Å²) in [6.07, 6.45) is 0.229. The molecule has 20 nitrogen and oxygen atoms in total. The molecule has 0 unspecified atom stereocenters. The lowest BCUT2D eigenvalue weighted by molar-refractivity contribution is -0.142. The van der Waals surface area contributed by atoms with Crippen molar-refractivity contribution in [2.75, 3.05) is 18.6 Å². The largest absolute Gasteiger partial charge is 0.481 e. The molecule has 1 aromatic rings. The summed E-state index contributed by atoms with van der Waals surface area (Å²) >= 11 is 1.33. The van der Waals surface area contributed by atoms with Crippen molar-refractivity contribution in [3.05, 3.63) is 35.9 Å². The number of carboxylic acid groups (broad SMARTS) is 3. The van der Waals surface area contributed by atoms with Crippen LogP contribution in [0.15, 0.2) is 35.3 Å². The number of hydrogen-bond acceptors (Lipinski definition) is 11. The molecule has 0 aliphatic heterocycles. The molecule has 0 fully saturated rings. The summed E-state index contributed by atoms with van der Waals surface area (Å²) in [5.74, 6) is -8.84. The molecular weight excluding hydrogens is 742 g/mol. The second-order valence-electron chi connectivity index (χ2n) is 13.0. The van der Waals surface area contributed by atoms with Crippen LogP contribution in [0.5, 0.6) is 0 Å². The number of aliphatic carboxylic acids is 3. The average Bonchev–Trinajstić information content (AvgIpc) is 3.09. The van der Waals surface area contributed by atoms with Gasteiger partial charge in [0.2, 0.25) is 29.5 Å². The van der Waals surface area contributed by atoms with Crippen molar-refractivity contribution in [1.82, 2.24) is 26.6 Å².